The smallest absolute Gasteiger partial charge is 0.124 e. The minimum absolute atomic E-state index is 0.0204. The third-order valence-corrected chi connectivity index (χ3v) is 3.13. The average molecular weight is 276 g/mol. The van der Waals surface area contributed by atoms with Crippen molar-refractivity contribution in [2.75, 3.05) is 20.3 Å². The Kier molecular flexibility index (Phi) is 6.57. The quantitative estimate of drug-likeness (QED) is 0.803. The Morgan fingerprint density at radius 1 is 1.50 bits per heavy atom. The topological polar surface area (TPSA) is 41.5 Å². The SMILES string of the molecule is COCCC(CO)NC(C)c1ccc(F)cc1Cl. The van der Waals surface area contributed by atoms with E-state index in [1.54, 1.807) is 13.2 Å². The van der Waals surface area contributed by atoms with Crippen molar-refractivity contribution in [2.24, 2.45) is 0 Å². The molecule has 1 rings (SSSR count). The van der Waals surface area contributed by atoms with Gasteiger partial charge in [-0.15, -0.1) is 0 Å². The van der Waals surface area contributed by atoms with Gasteiger partial charge in [-0.05, 0) is 31.0 Å². The number of aliphatic hydroxyl groups excluding tert-OH is 1. The van der Waals surface area contributed by atoms with Gasteiger partial charge in [-0.3, -0.25) is 0 Å². The molecule has 102 valence electrons. The molecule has 2 atom stereocenters. The summed E-state index contributed by atoms with van der Waals surface area (Å²) in [4.78, 5) is 0. The highest BCUT2D eigenvalue weighted by Gasteiger charge is 2.15. The van der Waals surface area contributed by atoms with Gasteiger partial charge in [0.25, 0.3) is 0 Å². The Bertz CT molecular complexity index is 376. The van der Waals surface area contributed by atoms with Gasteiger partial charge in [0, 0.05) is 30.8 Å². The molecular formula is C13H19ClFNO2. The molecular weight excluding hydrogens is 257 g/mol. The summed E-state index contributed by atoms with van der Waals surface area (Å²) in [6, 6.07) is 4.19. The molecule has 0 aliphatic heterocycles. The summed E-state index contributed by atoms with van der Waals surface area (Å²) < 4.78 is 17.9. The van der Waals surface area contributed by atoms with Crippen molar-refractivity contribution in [1.82, 2.24) is 5.32 Å². The van der Waals surface area contributed by atoms with Crippen LogP contribution in [0.4, 0.5) is 4.39 Å². The van der Waals surface area contributed by atoms with Crippen LogP contribution >= 0.6 is 11.6 Å². The molecule has 0 bridgehead atoms. The molecule has 0 spiro atoms. The molecule has 0 saturated carbocycles. The molecule has 1 aromatic carbocycles. The van der Waals surface area contributed by atoms with Gasteiger partial charge in [0.2, 0.25) is 0 Å². The molecule has 2 N–H and O–H groups in total. The first-order valence-corrected chi connectivity index (χ1v) is 6.27. The molecule has 5 heteroatoms. The van der Waals surface area contributed by atoms with Crippen molar-refractivity contribution < 1.29 is 14.2 Å². The molecule has 18 heavy (non-hydrogen) atoms. The lowest BCUT2D eigenvalue weighted by molar-refractivity contribution is 0.156. The van der Waals surface area contributed by atoms with E-state index >= 15 is 0 Å². The van der Waals surface area contributed by atoms with E-state index in [0.717, 1.165) is 5.56 Å². The fourth-order valence-corrected chi connectivity index (χ4v) is 2.11. The number of halogens is 2. The van der Waals surface area contributed by atoms with Crippen LogP contribution in [-0.4, -0.2) is 31.5 Å². The van der Waals surface area contributed by atoms with Gasteiger partial charge < -0.3 is 15.2 Å². The van der Waals surface area contributed by atoms with Crippen LogP contribution in [0.1, 0.15) is 24.9 Å². The van der Waals surface area contributed by atoms with Crippen LogP contribution < -0.4 is 5.32 Å². The number of ether oxygens (including phenoxy) is 1. The number of hydrogen-bond acceptors (Lipinski definition) is 3. The van der Waals surface area contributed by atoms with Gasteiger partial charge in [0.15, 0.2) is 0 Å². The minimum Gasteiger partial charge on any atom is -0.395 e. The summed E-state index contributed by atoms with van der Waals surface area (Å²) in [5.74, 6) is -0.353. The molecule has 0 amide bonds. The Morgan fingerprint density at radius 2 is 2.22 bits per heavy atom. The first-order chi connectivity index (χ1) is 8.58. The highest BCUT2D eigenvalue weighted by atomic mass is 35.5. The molecule has 0 aromatic heterocycles. The van der Waals surface area contributed by atoms with E-state index in [0.29, 0.717) is 18.1 Å². The number of hydrogen-bond donors (Lipinski definition) is 2. The predicted octanol–water partition coefficient (Wildman–Crippen LogP) is 2.53. The van der Waals surface area contributed by atoms with Crippen molar-refractivity contribution in [3.8, 4) is 0 Å². The Labute approximate surface area is 112 Å². The number of methoxy groups -OCH3 is 1. The summed E-state index contributed by atoms with van der Waals surface area (Å²) in [6.07, 6.45) is 0.705. The van der Waals surface area contributed by atoms with E-state index in [-0.39, 0.29) is 24.5 Å². The van der Waals surface area contributed by atoms with Gasteiger partial charge in [-0.2, -0.15) is 0 Å². The van der Waals surface area contributed by atoms with Crippen LogP contribution in [-0.2, 0) is 4.74 Å². The number of rotatable bonds is 7. The molecule has 0 aliphatic carbocycles. The van der Waals surface area contributed by atoms with E-state index in [1.807, 2.05) is 6.92 Å². The number of nitrogens with one attached hydrogen (secondary N) is 1. The summed E-state index contributed by atoms with van der Waals surface area (Å²) in [5, 5.41) is 12.9. The summed E-state index contributed by atoms with van der Waals surface area (Å²) >= 11 is 5.99. The normalized spacial score (nSPS) is 14.5. The Balaban J connectivity index is 2.65. The zero-order chi connectivity index (χ0) is 13.5. The standard InChI is InChI=1S/C13H19ClFNO2/c1-9(16-11(8-17)5-6-18-2)12-4-3-10(15)7-13(12)14/h3-4,7,9,11,16-17H,5-6,8H2,1-2H3. The van der Waals surface area contributed by atoms with E-state index in [4.69, 9.17) is 16.3 Å². The van der Waals surface area contributed by atoms with Gasteiger partial charge in [0.05, 0.1) is 6.61 Å². The fraction of sp³-hybridized carbons (Fsp3) is 0.538. The summed E-state index contributed by atoms with van der Waals surface area (Å²) in [6.45, 7) is 2.52. The molecule has 0 saturated heterocycles. The van der Waals surface area contributed by atoms with Crippen LogP contribution in [0.5, 0.6) is 0 Å². The predicted molar refractivity (Wildman–Crippen MR) is 70.3 cm³/mol. The molecule has 0 aliphatic rings. The molecule has 1 aromatic rings. The maximum Gasteiger partial charge on any atom is 0.124 e. The third-order valence-electron chi connectivity index (χ3n) is 2.81. The Hall–Kier alpha value is -0.680. The van der Waals surface area contributed by atoms with Crippen LogP contribution in [0, 0.1) is 5.82 Å². The lowest BCUT2D eigenvalue weighted by Crippen LogP contribution is -2.35. The first kappa shape index (κ1) is 15.4. The van der Waals surface area contributed by atoms with Crippen molar-refractivity contribution in [3.63, 3.8) is 0 Å². The van der Waals surface area contributed by atoms with E-state index in [1.165, 1.54) is 12.1 Å². The van der Waals surface area contributed by atoms with Gasteiger partial charge in [-0.1, -0.05) is 17.7 Å². The van der Waals surface area contributed by atoms with Crippen LogP contribution in [0.2, 0.25) is 5.02 Å². The molecule has 2 unspecified atom stereocenters. The molecule has 0 radical (unpaired) electrons. The van der Waals surface area contributed by atoms with Crippen LogP contribution in [0.3, 0.4) is 0 Å². The maximum absolute atomic E-state index is 12.9. The zero-order valence-corrected chi connectivity index (χ0v) is 11.4. The van der Waals surface area contributed by atoms with E-state index < -0.39 is 0 Å². The second kappa shape index (κ2) is 7.69. The third kappa shape index (κ3) is 4.53. The minimum atomic E-state index is -0.353. The largest absolute Gasteiger partial charge is 0.395 e. The fourth-order valence-electron chi connectivity index (χ4n) is 1.78. The maximum atomic E-state index is 12.9. The molecule has 3 nitrogen and oxygen atoms in total. The monoisotopic (exact) mass is 275 g/mol. The molecule has 0 fully saturated rings. The van der Waals surface area contributed by atoms with Crippen molar-refractivity contribution >= 4 is 11.6 Å². The van der Waals surface area contributed by atoms with E-state index in [9.17, 15) is 9.50 Å². The van der Waals surface area contributed by atoms with Crippen molar-refractivity contribution in [2.45, 2.75) is 25.4 Å². The highest BCUT2D eigenvalue weighted by molar-refractivity contribution is 6.31. The molecule has 0 heterocycles. The van der Waals surface area contributed by atoms with Crippen molar-refractivity contribution in [3.05, 3.63) is 34.6 Å². The summed E-state index contributed by atoms with van der Waals surface area (Å²) in [5.41, 5.74) is 0.814. The Morgan fingerprint density at radius 3 is 2.78 bits per heavy atom. The van der Waals surface area contributed by atoms with Gasteiger partial charge in [-0.25, -0.2) is 4.39 Å². The zero-order valence-electron chi connectivity index (χ0n) is 10.6. The number of benzene rings is 1. The second-order valence-electron chi connectivity index (χ2n) is 4.22. The first-order valence-electron chi connectivity index (χ1n) is 5.89. The average Bonchev–Trinajstić information content (AvgIpc) is 2.34. The second-order valence-corrected chi connectivity index (χ2v) is 4.62. The summed E-state index contributed by atoms with van der Waals surface area (Å²) in [7, 11) is 1.62. The van der Waals surface area contributed by atoms with Crippen LogP contribution in [0.15, 0.2) is 18.2 Å². The van der Waals surface area contributed by atoms with E-state index in [2.05, 4.69) is 5.32 Å². The number of aliphatic hydroxyl groups is 1. The highest BCUT2D eigenvalue weighted by Crippen LogP contribution is 2.24. The van der Waals surface area contributed by atoms with Crippen LogP contribution in [0.25, 0.3) is 0 Å². The van der Waals surface area contributed by atoms with Crippen molar-refractivity contribution in [1.29, 1.82) is 0 Å². The lowest BCUT2D eigenvalue weighted by Gasteiger charge is -2.22. The van der Waals surface area contributed by atoms with Gasteiger partial charge >= 0.3 is 0 Å². The lowest BCUT2D eigenvalue weighted by atomic mass is 10.1. The van der Waals surface area contributed by atoms with Gasteiger partial charge in [0.1, 0.15) is 5.82 Å².